The first-order valence-electron chi connectivity index (χ1n) is 8.68. The number of hydrogen-bond donors (Lipinski definition) is 2. The summed E-state index contributed by atoms with van der Waals surface area (Å²) in [5.41, 5.74) is 0.0622. The standard InChI is InChI=1S/C17H32N4O/c1-5-19-15(20-12-16(2,3)14(22)18-4)21-11-10-17(13-21)8-6-7-9-17/h5-13H2,1-4H3,(H,18,22)(H,19,20). The zero-order valence-electron chi connectivity index (χ0n) is 14.7. The molecular weight excluding hydrogens is 276 g/mol. The highest BCUT2D eigenvalue weighted by Crippen LogP contribution is 2.45. The number of nitrogens with zero attached hydrogens (tertiary/aromatic N) is 2. The summed E-state index contributed by atoms with van der Waals surface area (Å²) in [6.45, 7) is 9.58. The van der Waals surface area contributed by atoms with Gasteiger partial charge in [0, 0.05) is 26.7 Å². The van der Waals surface area contributed by atoms with Gasteiger partial charge in [0.15, 0.2) is 5.96 Å². The van der Waals surface area contributed by atoms with E-state index in [1.165, 1.54) is 32.1 Å². The molecule has 0 unspecified atom stereocenters. The van der Waals surface area contributed by atoms with Gasteiger partial charge in [-0.1, -0.05) is 12.8 Å². The van der Waals surface area contributed by atoms with Crippen LogP contribution in [-0.4, -0.2) is 50.0 Å². The van der Waals surface area contributed by atoms with E-state index in [9.17, 15) is 4.79 Å². The second-order valence-corrected chi connectivity index (χ2v) is 7.51. The maximum Gasteiger partial charge on any atom is 0.227 e. The van der Waals surface area contributed by atoms with E-state index in [1.54, 1.807) is 7.05 Å². The van der Waals surface area contributed by atoms with Crippen LogP contribution in [0.3, 0.4) is 0 Å². The Morgan fingerprint density at radius 1 is 1.27 bits per heavy atom. The predicted molar refractivity (Wildman–Crippen MR) is 90.9 cm³/mol. The average Bonchev–Trinajstić information content (AvgIpc) is 3.13. The fraction of sp³-hybridized carbons (Fsp3) is 0.882. The molecule has 0 bridgehead atoms. The van der Waals surface area contributed by atoms with Gasteiger partial charge in [0.25, 0.3) is 0 Å². The van der Waals surface area contributed by atoms with Gasteiger partial charge in [0.1, 0.15) is 0 Å². The molecule has 5 heteroatoms. The summed E-state index contributed by atoms with van der Waals surface area (Å²) in [5, 5.41) is 6.13. The first-order valence-corrected chi connectivity index (χ1v) is 8.68. The molecule has 0 aromatic carbocycles. The highest BCUT2D eigenvalue weighted by molar-refractivity contribution is 5.83. The topological polar surface area (TPSA) is 56.7 Å². The Labute approximate surface area is 134 Å². The summed E-state index contributed by atoms with van der Waals surface area (Å²) >= 11 is 0. The summed E-state index contributed by atoms with van der Waals surface area (Å²) in [6.07, 6.45) is 6.78. The van der Waals surface area contributed by atoms with E-state index in [4.69, 9.17) is 4.99 Å². The van der Waals surface area contributed by atoms with Crippen LogP contribution >= 0.6 is 0 Å². The minimum atomic E-state index is -0.472. The van der Waals surface area contributed by atoms with Gasteiger partial charge in [-0.3, -0.25) is 9.79 Å². The Morgan fingerprint density at radius 2 is 1.95 bits per heavy atom. The second kappa shape index (κ2) is 6.88. The van der Waals surface area contributed by atoms with Crippen molar-refractivity contribution in [2.75, 3.05) is 33.2 Å². The molecule has 1 amide bonds. The van der Waals surface area contributed by atoms with Crippen molar-refractivity contribution >= 4 is 11.9 Å². The van der Waals surface area contributed by atoms with E-state index in [1.807, 2.05) is 13.8 Å². The minimum Gasteiger partial charge on any atom is -0.359 e. The molecule has 1 aliphatic heterocycles. The van der Waals surface area contributed by atoms with Crippen LogP contribution in [0.4, 0.5) is 0 Å². The zero-order valence-corrected chi connectivity index (χ0v) is 14.7. The molecule has 1 saturated heterocycles. The molecule has 0 aromatic heterocycles. The zero-order chi connectivity index (χ0) is 16.2. The number of nitrogens with one attached hydrogen (secondary N) is 2. The molecule has 2 aliphatic rings. The summed E-state index contributed by atoms with van der Waals surface area (Å²) in [5.74, 6) is 1.02. The molecule has 22 heavy (non-hydrogen) atoms. The lowest BCUT2D eigenvalue weighted by atomic mass is 9.86. The molecular formula is C17H32N4O. The molecule has 5 nitrogen and oxygen atoms in total. The number of rotatable bonds is 4. The van der Waals surface area contributed by atoms with Gasteiger partial charge in [0.2, 0.25) is 5.91 Å². The molecule has 0 atom stereocenters. The lowest BCUT2D eigenvalue weighted by molar-refractivity contribution is -0.128. The van der Waals surface area contributed by atoms with E-state index >= 15 is 0 Å². The van der Waals surface area contributed by atoms with Gasteiger partial charge < -0.3 is 15.5 Å². The van der Waals surface area contributed by atoms with Crippen molar-refractivity contribution in [3.05, 3.63) is 0 Å². The Bertz CT molecular complexity index is 424. The molecule has 2 fully saturated rings. The number of likely N-dealkylation sites (tertiary alicyclic amines) is 1. The van der Waals surface area contributed by atoms with Crippen molar-refractivity contribution in [1.82, 2.24) is 15.5 Å². The van der Waals surface area contributed by atoms with Gasteiger partial charge in [-0.25, -0.2) is 0 Å². The van der Waals surface area contributed by atoms with Crippen LogP contribution in [0.2, 0.25) is 0 Å². The monoisotopic (exact) mass is 308 g/mol. The molecule has 0 aromatic rings. The molecule has 1 saturated carbocycles. The molecule has 2 N–H and O–H groups in total. The SMILES string of the molecule is CCNC(=NCC(C)(C)C(=O)NC)N1CCC2(CCCC2)C1. The van der Waals surface area contributed by atoms with Gasteiger partial charge in [-0.05, 0) is 45.4 Å². The Kier molecular flexibility index (Phi) is 5.35. The number of aliphatic imine (C=N–C) groups is 1. The first-order chi connectivity index (χ1) is 10.4. The highest BCUT2D eigenvalue weighted by Gasteiger charge is 2.41. The highest BCUT2D eigenvalue weighted by atomic mass is 16.2. The normalized spacial score (nSPS) is 21.5. The Morgan fingerprint density at radius 3 is 2.55 bits per heavy atom. The fourth-order valence-electron chi connectivity index (χ4n) is 3.76. The molecule has 2 rings (SSSR count). The largest absolute Gasteiger partial charge is 0.359 e. The van der Waals surface area contributed by atoms with E-state index in [0.717, 1.165) is 25.6 Å². The third kappa shape index (κ3) is 3.73. The number of guanidine groups is 1. The molecule has 1 spiro atoms. The van der Waals surface area contributed by atoms with Crippen molar-refractivity contribution in [3.63, 3.8) is 0 Å². The number of hydrogen-bond acceptors (Lipinski definition) is 2. The Balaban J connectivity index is 2.03. The van der Waals surface area contributed by atoms with Crippen molar-refractivity contribution in [1.29, 1.82) is 0 Å². The van der Waals surface area contributed by atoms with Gasteiger partial charge in [-0.2, -0.15) is 0 Å². The smallest absolute Gasteiger partial charge is 0.227 e. The van der Waals surface area contributed by atoms with Crippen LogP contribution in [0.25, 0.3) is 0 Å². The van der Waals surface area contributed by atoms with Gasteiger partial charge in [0.05, 0.1) is 12.0 Å². The lowest BCUT2D eigenvalue weighted by Gasteiger charge is -2.27. The first kappa shape index (κ1) is 17.1. The molecule has 126 valence electrons. The quantitative estimate of drug-likeness (QED) is 0.617. The van der Waals surface area contributed by atoms with Crippen LogP contribution in [-0.2, 0) is 4.79 Å². The maximum atomic E-state index is 11.9. The van der Waals surface area contributed by atoms with Crippen LogP contribution in [0.15, 0.2) is 4.99 Å². The van der Waals surface area contributed by atoms with Crippen molar-refractivity contribution < 1.29 is 4.79 Å². The number of carbonyl (C=O) groups excluding carboxylic acids is 1. The predicted octanol–water partition coefficient (Wildman–Crippen LogP) is 1.99. The minimum absolute atomic E-state index is 0.0424. The summed E-state index contributed by atoms with van der Waals surface area (Å²) < 4.78 is 0. The lowest BCUT2D eigenvalue weighted by Crippen LogP contribution is -2.43. The third-order valence-electron chi connectivity index (χ3n) is 5.20. The van der Waals surface area contributed by atoms with Crippen LogP contribution in [0.5, 0.6) is 0 Å². The molecule has 0 radical (unpaired) electrons. The van der Waals surface area contributed by atoms with Crippen LogP contribution in [0.1, 0.15) is 52.9 Å². The van der Waals surface area contributed by atoms with Crippen molar-refractivity contribution in [2.45, 2.75) is 52.9 Å². The van der Waals surface area contributed by atoms with Crippen molar-refractivity contribution in [2.24, 2.45) is 15.8 Å². The van der Waals surface area contributed by atoms with Gasteiger partial charge >= 0.3 is 0 Å². The van der Waals surface area contributed by atoms with E-state index in [0.29, 0.717) is 12.0 Å². The second-order valence-electron chi connectivity index (χ2n) is 7.51. The van der Waals surface area contributed by atoms with Crippen LogP contribution < -0.4 is 10.6 Å². The molecule has 1 heterocycles. The van der Waals surface area contributed by atoms with Crippen molar-refractivity contribution in [3.8, 4) is 0 Å². The molecule has 1 aliphatic carbocycles. The maximum absolute atomic E-state index is 11.9. The van der Waals surface area contributed by atoms with Gasteiger partial charge in [-0.15, -0.1) is 0 Å². The fourth-order valence-corrected chi connectivity index (χ4v) is 3.76. The Hall–Kier alpha value is -1.26. The summed E-state index contributed by atoms with van der Waals surface area (Å²) in [4.78, 5) is 19.1. The summed E-state index contributed by atoms with van der Waals surface area (Å²) in [6, 6.07) is 0. The number of carbonyl (C=O) groups is 1. The van der Waals surface area contributed by atoms with E-state index in [-0.39, 0.29) is 5.91 Å². The average molecular weight is 308 g/mol. The van der Waals surface area contributed by atoms with Crippen LogP contribution in [0, 0.1) is 10.8 Å². The third-order valence-corrected chi connectivity index (χ3v) is 5.20. The van der Waals surface area contributed by atoms with E-state index < -0.39 is 5.41 Å². The van der Waals surface area contributed by atoms with E-state index in [2.05, 4.69) is 22.5 Å². The summed E-state index contributed by atoms with van der Waals surface area (Å²) in [7, 11) is 1.68. The number of amides is 1.